The predicted octanol–water partition coefficient (Wildman–Crippen LogP) is 2.07. The summed E-state index contributed by atoms with van der Waals surface area (Å²) in [5, 5.41) is 12.3. The standard InChI is InChI=1S/C26H39Cl2N3O5/c1-31-12-9-18(10-13-31)36-26(34)21(15-17-7-3-2-4-8-17)30-25(33)19-16-20(27)24(22(28)23(19)32)35-14-6-5-11-29/h2-4,7-8,18-24,32H,5-6,9-16,29H2,1H3,(H,30,33)/t19?,20?,21-,22?,23?,24?/m0/s1. The molecule has 36 heavy (non-hydrogen) atoms. The van der Waals surface area contributed by atoms with E-state index < -0.39 is 46.8 Å². The summed E-state index contributed by atoms with van der Waals surface area (Å²) in [7, 11) is 2.04. The first-order chi connectivity index (χ1) is 17.3. The molecule has 0 aromatic heterocycles. The van der Waals surface area contributed by atoms with Gasteiger partial charge in [-0.1, -0.05) is 30.3 Å². The van der Waals surface area contributed by atoms with Crippen molar-refractivity contribution in [2.24, 2.45) is 11.7 Å². The summed E-state index contributed by atoms with van der Waals surface area (Å²) < 4.78 is 11.6. The number of rotatable bonds is 11. The maximum absolute atomic E-state index is 13.3. The van der Waals surface area contributed by atoms with Gasteiger partial charge in [-0.05, 0) is 51.3 Å². The van der Waals surface area contributed by atoms with Gasteiger partial charge in [0.15, 0.2) is 0 Å². The van der Waals surface area contributed by atoms with Crippen LogP contribution in [0.2, 0.25) is 0 Å². The topological polar surface area (TPSA) is 114 Å². The lowest BCUT2D eigenvalue weighted by molar-refractivity contribution is -0.156. The SMILES string of the molecule is CN1CCC(OC(=O)[C@H](Cc2ccccc2)NC(=O)C2CC(Cl)C(OCCCCN)C(Cl)C2O)CC1. The highest BCUT2D eigenvalue weighted by Gasteiger charge is 2.46. The molecule has 0 bridgehead atoms. The van der Waals surface area contributed by atoms with Crippen molar-refractivity contribution in [2.75, 3.05) is 33.3 Å². The van der Waals surface area contributed by atoms with Gasteiger partial charge in [-0.15, -0.1) is 23.2 Å². The number of aliphatic hydroxyl groups excluding tert-OH is 1. The highest BCUT2D eigenvalue weighted by molar-refractivity contribution is 6.25. The van der Waals surface area contributed by atoms with Gasteiger partial charge in [-0.3, -0.25) is 4.79 Å². The van der Waals surface area contributed by atoms with Crippen LogP contribution >= 0.6 is 23.2 Å². The fourth-order valence-electron chi connectivity index (χ4n) is 4.73. The lowest BCUT2D eigenvalue weighted by Gasteiger charge is -2.39. The van der Waals surface area contributed by atoms with Gasteiger partial charge < -0.3 is 30.5 Å². The number of amides is 1. The second kappa shape index (κ2) is 14.5. The van der Waals surface area contributed by atoms with E-state index in [0.29, 0.717) is 13.2 Å². The largest absolute Gasteiger partial charge is 0.461 e. The number of nitrogens with zero attached hydrogens (tertiary/aromatic N) is 1. The van der Waals surface area contributed by atoms with Crippen molar-refractivity contribution < 1.29 is 24.2 Å². The van der Waals surface area contributed by atoms with E-state index in [2.05, 4.69) is 10.2 Å². The molecule has 1 amide bonds. The molecule has 1 aliphatic carbocycles. The molecular weight excluding hydrogens is 505 g/mol. The highest BCUT2D eigenvalue weighted by Crippen LogP contribution is 2.34. The molecule has 1 saturated heterocycles. The van der Waals surface area contributed by atoms with Crippen LogP contribution < -0.4 is 11.1 Å². The van der Waals surface area contributed by atoms with Gasteiger partial charge in [0.25, 0.3) is 0 Å². The zero-order valence-corrected chi connectivity index (χ0v) is 22.4. The summed E-state index contributed by atoms with van der Waals surface area (Å²) in [4.78, 5) is 28.6. The molecule has 8 nitrogen and oxygen atoms in total. The summed E-state index contributed by atoms with van der Waals surface area (Å²) in [5.74, 6) is -1.81. The van der Waals surface area contributed by atoms with E-state index in [-0.39, 0.29) is 18.9 Å². The van der Waals surface area contributed by atoms with Crippen LogP contribution in [0.15, 0.2) is 30.3 Å². The third kappa shape index (κ3) is 8.30. The Hall–Kier alpha value is -1.42. The van der Waals surface area contributed by atoms with Gasteiger partial charge in [0.1, 0.15) is 12.1 Å². The van der Waals surface area contributed by atoms with Crippen molar-refractivity contribution in [3.05, 3.63) is 35.9 Å². The van der Waals surface area contributed by atoms with Gasteiger partial charge in [-0.2, -0.15) is 0 Å². The molecule has 2 aliphatic rings. The maximum Gasteiger partial charge on any atom is 0.329 e. The van der Waals surface area contributed by atoms with Crippen molar-refractivity contribution in [1.82, 2.24) is 10.2 Å². The number of carbonyl (C=O) groups excluding carboxylic acids is 2. The first kappa shape index (κ1) is 29.1. The number of piperidine rings is 1. The maximum atomic E-state index is 13.3. The molecule has 1 aliphatic heterocycles. The Morgan fingerprint density at radius 3 is 2.56 bits per heavy atom. The minimum Gasteiger partial charge on any atom is -0.461 e. The van der Waals surface area contributed by atoms with E-state index in [4.69, 9.17) is 38.4 Å². The summed E-state index contributed by atoms with van der Waals surface area (Å²) in [5.41, 5.74) is 6.41. The molecule has 0 radical (unpaired) electrons. The Kier molecular flexibility index (Phi) is 11.7. The van der Waals surface area contributed by atoms with E-state index in [0.717, 1.165) is 44.3 Å². The molecule has 3 rings (SSSR count). The number of halogens is 2. The molecule has 5 unspecified atom stereocenters. The Morgan fingerprint density at radius 2 is 1.89 bits per heavy atom. The number of hydrogen-bond donors (Lipinski definition) is 3. The quantitative estimate of drug-likeness (QED) is 0.222. The van der Waals surface area contributed by atoms with Crippen LogP contribution in [0.5, 0.6) is 0 Å². The molecule has 1 aromatic rings. The molecule has 10 heteroatoms. The fourth-order valence-corrected chi connectivity index (χ4v) is 5.65. The number of unbranched alkanes of at least 4 members (excludes halogenated alkanes) is 1. The number of alkyl halides is 2. The molecule has 1 aromatic carbocycles. The van der Waals surface area contributed by atoms with Crippen molar-refractivity contribution in [3.8, 4) is 0 Å². The molecule has 6 atom stereocenters. The second-order valence-corrected chi connectivity index (χ2v) is 10.9. The van der Waals surface area contributed by atoms with Gasteiger partial charge >= 0.3 is 5.97 Å². The number of ether oxygens (including phenoxy) is 2. The van der Waals surface area contributed by atoms with Crippen LogP contribution in [-0.4, -0.2) is 90.3 Å². The number of likely N-dealkylation sites (tertiary alicyclic amines) is 1. The van der Waals surface area contributed by atoms with Crippen LogP contribution in [0.25, 0.3) is 0 Å². The average Bonchev–Trinajstić information content (AvgIpc) is 2.87. The summed E-state index contributed by atoms with van der Waals surface area (Å²) in [6.45, 7) is 2.70. The second-order valence-electron chi connectivity index (χ2n) is 9.81. The number of nitrogens with two attached hydrogens (primary N) is 1. The van der Waals surface area contributed by atoms with Crippen LogP contribution in [-0.2, 0) is 25.5 Å². The Balaban J connectivity index is 1.64. The zero-order chi connectivity index (χ0) is 26.1. The Bertz CT molecular complexity index is 825. The van der Waals surface area contributed by atoms with Gasteiger partial charge in [0.2, 0.25) is 5.91 Å². The Morgan fingerprint density at radius 1 is 1.19 bits per heavy atom. The Labute approximate surface area is 223 Å². The van der Waals surface area contributed by atoms with Gasteiger partial charge in [-0.25, -0.2) is 4.79 Å². The number of benzene rings is 1. The fraction of sp³-hybridized carbons (Fsp3) is 0.692. The normalized spacial score (nSPS) is 28.4. The van der Waals surface area contributed by atoms with Crippen molar-refractivity contribution >= 4 is 35.1 Å². The van der Waals surface area contributed by atoms with Crippen molar-refractivity contribution in [1.29, 1.82) is 0 Å². The third-order valence-corrected chi connectivity index (χ3v) is 7.90. The zero-order valence-electron chi connectivity index (χ0n) is 20.9. The monoisotopic (exact) mass is 543 g/mol. The van der Waals surface area contributed by atoms with E-state index >= 15 is 0 Å². The van der Waals surface area contributed by atoms with Crippen molar-refractivity contribution in [2.45, 2.75) is 73.6 Å². The van der Waals surface area contributed by atoms with Crippen LogP contribution in [0, 0.1) is 5.92 Å². The van der Waals surface area contributed by atoms with Gasteiger partial charge in [0, 0.05) is 26.1 Å². The minimum absolute atomic E-state index is 0.180. The molecular formula is C26H39Cl2N3O5. The smallest absolute Gasteiger partial charge is 0.329 e. The third-order valence-electron chi connectivity index (χ3n) is 6.97. The summed E-state index contributed by atoms with van der Waals surface area (Å²) in [6.07, 6.45) is 1.62. The lowest BCUT2D eigenvalue weighted by Crippen LogP contribution is -2.56. The number of esters is 1. The summed E-state index contributed by atoms with van der Waals surface area (Å²) in [6, 6.07) is 8.56. The minimum atomic E-state index is -1.16. The van der Waals surface area contributed by atoms with Crippen LogP contribution in [0.1, 0.15) is 37.7 Å². The van der Waals surface area contributed by atoms with Crippen molar-refractivity contribution in [3.63, 3.8) is 0 Å². The summed E-state index contributed by atoms with van der Waals surface area (Å²) >= 11 is 13.0. The van der Waals surface area contributed by atoms with E-state index in [1.165, 1.54) is 0 Å². The first-order valence-corrected chi connectivity index (χ1v) is 13.7. The van der Waals surface area contributed by atoms with E-state index in [1.54, 1.807) is 0 Å². The van der Waals surface area contributed by atoms with E-state index in [9.17, 15) is 14.7 Å². The molecule has 2 fully saturated rings. The molecule has 202 valence electrons. The highest BCUT2D eigenvalue weighted by atomic mass is 35.5. The average molecular weight is 545 g/mol. The number of nitrogens with one attached hydrogen (secondary N) is 1. The van der Waals surface area contributed by atoms with Gasteiger partial charge in [0.05, 0.1) is 28.9 Å². The first-order valence-electron chi connectivity index (χ1n) is 12.8. The number of carbonyl (C=O) groups is 2. The van der Waals surface area contributed by atoms with Crippen LogP contribution in [0.3, 0.4) is 0 Å². The molecule has 0 spiro atoms. The lowest BCUT2D eigenvalue weighted by atomic mass is 9.83. The molecule has 4 N–H and O–H groups in total. The van der Waals surface area contributed by atoms with Crippen LogP contribution in [0.4, 0.5) is 0 Å². The number of hydrogen-bond acceptors (Lipinski definition) is 7. The molecule has 1 heterocycles. The number of aliphatic hydroxyl groups is 1. The predicted molar refractivity (Wildman–Crippen MR) is 140 cm³/mol. The molecule has 1 saturated carbocycles. The van der Waals surface area contributed by atoms with E-state index in [1.807, 2.05) is 37.4 Å².